The van der Waals surface area contributed by atoms with E-state index in [4.69, 9.17) is 19.5 Å². The van der Waals surface area contributed by atoms with E-state index in [1.54, 1.807) is 6.20 Å². The van der Waals surface area contributed by atoms with Gasteiger partial charge in [-0.2, -0.15) is 6.07 Å². The fourth-order valence-electron chi connectivity index (χ4n) is 8.24. The molecule has 0 aliphatic carbocycles. The number of rotatable bonds is 7. The molecule has 0 amide bonds. The Bertz CT molecular complexity index is 2280. The van der Waals surface area contributed by atoms with Gasteiger partial charge in [0.1, 0.15) is 11.7 Å². The first kappa shape index (κ1) is 34.2. The van der Waals surface area contributed by atoms with E-state index >= 15 is 0 Å². The zero-order valence-corrected chi connectivity index (χ0v) is 32.1. The zero-order chi connectivity index (χ0) is 34.2. The second kappa shape index (κ2) is 12.8. The van der Waals surface area contributed by atoms with Crippen molar-refractivity contribution >= 4 is 27.7 Å². The largest absolute Gasteiger partial charge is 2.00 e. The summed E-state index contributed by atoms with van der Waals surface area (Å²) >= 11 is 0. The summed E-state index contributed by atoms with van der Waals surface area (Å²) in [6.45, 7) is 18.5. The molecule has 0 radical (unpaired) electrons. The summed E-state index contributed by atoms with van der Waals surface area (Å²) in [6, 6.07) is 28.3. The van der Waals surface area contributed by atoms with E-state index in [2.05, 4.69) is 101 Å². The molecule has 2 aliphatic heterocycles. The molecule has 256 valence electrons. The summed E-state index contributed by atoms with van der Waals surface area (Å²) in [5, 5.41) is 2.34. The van der Waals surface area contributed by atoms with Crippen molar-refractivity contribution in [2.45, 2.75) is 66.8 Å². The third-order valence-electron chi connectivity index (χ3n) is 10.4. The summed E-state index contributed by atoms with van der Waals surface area (Å²) in [4.78, 5) is 14.7. The molecule has 0 bridgehead atoms. The van der Waals surface area contributed by atoms with E-state index in [-0.39, 0.29) is 32.5 Å². The molecule has 3 aromatic heterocycles. The Morgan fingerprint density at radius 2 is 1.66 bits per heavy atom. The molecule has 0 unspecified atom stereocenters. The smallest absolute Gasteiger partial charge is 0.518 e. The maximum atomic E-state index is 6.74. The van der Waals surface area contributed by atoms with Crippen LogP contribution in [0.15, 0.2) is 78.0 Å². The van der Waals surface area contributed by atoms with Crippen molar-refractivity contribution in [3.63, 3.8) is 0 Å². The number of fused-ring (bicyclic) bond motifs is 5. The van der Waals surface area contributed by atoms with Crippen LogP contribution in [-0.4, -0.2) is 33.1 Å². The number of pyridine rings is 2. The van der Waals surface area contributed by atoms with Crippen LogP contribution in [0.1, 0.15) is 69.4 Å². The molecular formula is C43H42N4O2Pt. The maximum Gasteiger partial charge on any atom is 2.00 e. The molecule has 0 N–H and O–H groups in total. The second-order valence-electron chi connectivity index (χ2n) is 14.9. The third kappa shape index (κ3) is 5.57. The number of aryl methyl sites for hydroxylation is 2. The quantitative estimate of drug-likeness (QED) is 0.150. The molecule has 2 aliphatic rings. The summed E-state index contributed by atoms with van der Waals surface area (Å²) in [7, 11) is 0. The minimum absolute atomic E-state index is 0. The molecule has 3 aromatic carbocycles. The molecule has 0 spiro atoms. The molecular weight excluding hydrogens is 800 g/mol. The van der Waals surface area contributed by atoms with Crippen LogP contribution in [0.2, 0.25) is 0 Å². The Morgan fingerprint density at radius 3 is 2.40 bits per heavy atom. The monoisotopic (exact) mass is 841 g/mol. The zero-order valence-electron chi connectivity index (χ0n) is 29.9. The van der Waals surface area contributed by atoms with E-state index < -0.39 is 0 Å². The van der Waals surface area contributed by atoms with Gasteiger partial charge in [0.25, 0.3) is 0 Å². The predicted molar refractivity (Wildman–Crippen MR) is 197 cm³/mol. The summed E-state index contributed by atoms with van der Waals surface area (Å²) in [5.74, 6) is 4.15. The van der Waals surface area contributed by atoms with Gasteiger partial charge in [0.05, 0.1) is 18.3 Å². The van der Waals surface area contributed by atoms with Gasteiger partial charge in [0.15, 0.2) is 0 Å². The summed E-state index contributed by atoms with van der Waals surface area (Å²) in [6.07, 6.45) is 3.68. The maximum absolute atomic E-state index is 6.74. The number of aromatic nitrogens is 3. The van der Waals surface area contributed by atoms with Gasteiger partial charge in [-0.25, -0.2) is 4.98 Å². The van der Waals surface area contributed by atoms with Crippen LogP contribution < -0.4 is 4.74 Å². The van der Waals surface area contributed by atoms with E-state index in [0.717, 1.165) is 39.1 Å². The van der Waals surface area contributed by atoms with Gasteiger partial charge >= 0.3 is 21.1 Å². The van der Waals surface area contributed by atoms with Crippen LogP contribution in [0.4, 0.5) is 0 Å². The Labute approximate surface area is 309 Å². The van der Waals surface area contributed by atoms with Crippen molar-refractivity contribution < 1.29 is 30.5 Å². The number of aliphatic imine (C=N–C) groups is 1. The molecule has 0 saturated carbocycles. The molecule has 0 fully saturated rings. The first-order valence-corrected chi connectivity index (χ1v) is 17.4. The Hall–Kier alpha value is -4.28. The third-order valence-corrected chi connectivity index (χ3v) is 10.4. The number of hydrogen-bond acceptors (Lipinski definition) is 5. The topological polar surface area (TPSA) is 61.5 Å². The van der Waals surface area contributed by atoms with Gasteiger partial charge in [-0.15, -0.1) is 23.1 Å². The van der Waals surface area contributed by atoms with Crippen LogP contribution in [0.5, 0.6) is 11.5 Å². The fourth-order valence-corrected chi connectivity index (χ4v) is 8.24. The van der Waals surface area contributed by atoms with Crippen LogP contribution in [-0.2, 0) is 31.2 Å². The van der Waals surface area contributed by atoms with Crippen molar-refractivity contribution in [3.05, 3.63) is 113 Å². The van der Waals surface area contributed by atoms with Crippen molar-refractivity contribution in [1.82, 2.24) is 14.5 Å². The average Bonchev–Trinajstić information content (AvgIpc) is 3.67. The van der Waals surface area contributed by atoms with Crippen LogP contribution in [0.25, 0.3) is 38.9 Å². The van der Waals surface area contributed by atoms with Gasteiger partial charge in [0.2, 0.25) is 0 Å². The van der Waals surface area contributed by atoms with Crippen molar-refractivity contribution in [3.8, 4) is 28.6 Å². The molecule has 5 heterocycles. The predicted octanol–water partition coefficient (Wildman–Crippen LogP) is 9.96. The molecule has 1 atom stereocenters. The second-order valence-corrected chi connectivity index (χ2v) is 14.9. The number of hydrogen-bond donors (Lipinski definition) is 0. The minimum Gasteiger partial charge on any atom is -0.518 e. The SMILES string of the molecule is Cc1cc2c3c(c1)c1cc(C)c(Oc4[c-]c(C5=N[C@H](C(C(C)C)C(C)C)CO5)cc(-c5ccccn5)c4)[c-]c1n3-c1ncccc1C2(C)C.[Pt+2]. The van der Waals surface area contributed by atoms with Gasteiger partial charge in [-0.3, -0.25) is 9.98 Å². The number of ether oxygens (including phenoxy) is 2. The molecule has 50 heavy (non-hydrogen) atoms. The Balaban J connectivity index is 0.00000392. The van der Waals surface area contributed by atoms with Gasteiger partial charge < -0.3 is 14.0 Å². The fraction of sp³-hybridized carbons (Fsp3) is 0.326. The van der Waals surface area contributed by atoms with Crippen LogP contribution >= 0.6 is 0 Å². The van der Waals surface area contributed by atoms with Crippen molar-refractivity contribution in [1.29, 1.82) is 0 Å². The van der Waals surface area contributed by atoms with Gasteiger partial charge in [-0.05, 0) is 53.8 Å². The normalized spacial score (nSPS) is 16.1. The van der Waals surface area contributed by atoms with E-state index in [9.17, 15) is 0 Å². The molecule has 6 aromatic rings. The van der Waals surface area contributed by atoms with Crippen LogP contribution in [0.3, 0.4) is 0 Å². The van der Waals surface area contributed by atoms with Crippen molar-refractivity contribution in [2.24, 2.45) is 22.7 Å². The van der Waals surface area contributed by atoms with Gasteiger partial charge in [-0.1, -0.05) is 107 Å². The molecule has 8 rings (SSSR count). The number of benzene rings is 3. The molecule has 7 heteroatoms. The molecule has 6 nitrogen and oxygen atoms in total. The minimum atomic E-state index is -0.196. The van der Waals surface area contributed by atoms with Crippen LogP contribution in [0, 0.1) is 43.7 Å². The average molecular weight is 842 g/mol. The van der Waals surface area contributed by atoms with E-state index in [0.29, 0.717) is 41.8 Å². The summed E-state index contributed by atoms with van der Waals surface area (Å²) < 4.78 is 15.3. The molecule has 0 saturated heterocycles. The first-order chi connectivity index (χ1) is 23.5. The van der Waals surface area contributed by atoms with Crippen molar-refractivity contribution in [2.75, 3.05) is 6.61 Å². The van der Waals surface area contributed by atoms with E-state index in [1.807, 2.05) is 42.6 Å². The van der Waals surface area contributed by atoms with E-state index in [1.165, 1.54) is 27.6 Å². The summed E-state index contributed by atoms with van der Waals surface area (Å²) in [5.41, 5.74) is 9.14. The van der Waals surface area contributed by atoms with Gasteiger partial charge in [0, 0.05) is 40.4 Å². The Kier molecular flexibility index (Phi) is 8.75. The first-order valence-electron chi connectivity index (χ1n) is 17.4. The number of nitrogens with zero attached hydrogens (tertiary/aromatic N) is 4. The Morgan fingerprint density at radius 1 is 0.880 bits per heavy atom. The standard InChI is InChI=1S/C43H42N4O2.Pt/c1-24(2)39(25(3)4)36-23-48-42(46-36)29-19-28(35-13-9-10-14-44-35)20-30(21-29)49-38-22-37-31(18-27(38)6)32-16-26(5)17-34-40(32)47(37)41-33(43(34,7)8)12-11-15-45-41;/h9-20,24-25,36,39H,23H2,1-8H3;/q-2;+2/t36-;/m0./s1.